The van der Waals surface area contributed by atoms with E-state index in [1.807, 2.05) is 20.9 Å². The minimum Gasteiger partial charge on any atom is -0.461 e. The molecule has 0 aliphatic rings. The molecule has 0 saturated heterocycles. The zero-order valence-electron chi connectivity index (χ0n) is 22.7. The average molecular weight is 535 g/mol. The van der Waals surface area contributed by atoms with E-state index in [0.717, 1.165) is 18.5 Å². The summed E-state index contributed by atoms with van der Waals surface area (Å²) < 4.78 is 4.96. The molecule has 1 rings (SSSR count). The van der Waals surface area contributed by atoms with E-state index in [-0.39, 0.29) is 31.4 Å². The SMILES string of the molecule is CNCCCCC(=O)N[C@H](C(=O)NC(CCCNC(N)=O)C(=O)Nc1ccc(COC(C)=O)cc1)C(C)C. The molecule has 7 N–H and O–H groups in total. The lowest BCUT2D eigenvalue weighted by Gasteiger charge is -2.25. The largest absolute Gasteiger partial charge is 0.461 e. The Bertz CT molecular complexity index is 921. The van der Waals surface area contributed by atoms with Gasteiger partial charge in [0.15, 0.2) is 0 Å². The molecular weight excluding hydrogens is 492 g/mol. The second kappa shape index (κ2) is 17.7. The van der Waals surface area contributed by atoms with E-state index in [0.29, 0.717) is 24.9 Å². The van der Waals surface area contributed by atoms with E-state index in [1.54, 1.807) is 24.3 Å². The summed E-state index contributed by atoms with van der Waals surface area (Å²) in [5, 5.41) is 13.8. The van der Waals surface area contributed by atoms with Crippen LogP contribution in [-0.2, 0) is 30.5 Å². The summed E-state index contributed by atoms with van der Waals surface area (Å²) in [5.41, 5.74) is 6.35. The average Bonchev–Trinajstić information content (AvgIpc) is 2.86. The van der Waals surface area contributed by atoms with Crippen molar-refractivity contribution >= 4 is 35.4 Å². The maximum absolute atomic E-state index is 13.1. The molecule has 0 fully saturated rings. The summed E-state index contributed by atoms with van der Waals surface area (Å²) in [4.78, 5) is 60.6. The Labute approximate surface area is 224 Å². The summed E-state index contributed by atoms with van der Waals surface area (Å²) >= 11 is 0. The van der Waals surface area contributed by atoms with Gasteiger partial charge in [-0.05, 0) is 62.9 Å². The fourth-order valence-corrected chi connectivity index (χ4v) is 3.51. The predicted octanol–water partition coefficient (Wildman–Crippen LogP) is 1.15. The number of benzene rings is 1. The van der Waals surface area contributed by atoms with E-state index in [9.17, 15) is 24.0 Å². The number of nitrogens with two attached hydrogens (primary N) is 1. The molecule has 0 saturated carbocycles. The van der Waals surface area contributed by atoms with Crippen molar-refractivity contribution in [1.82, 2.24) is 21.3 Å². The highest BCUT2D eigenvalue weighted by Crippen LogP contribution is 2.13. The lowest BCUT2D eigenvalue weighted by Crippen LogP contribution is -2.54. The topological polar surface area (TPSA) is 181 Å². The number of amides is 5. The molecule has 0 heterocycles. The van der Waals surface area contributed by atoms with Crippen LogP contribution in [0.1, 0.15) is 58.4 Å². The zero-order chi connectivity index (χ0) is 28.5. The summed E-state index contributed by atoms with van der Waals surface area (Å²) in [6.45, 7) is 6.10. The smallest absolute Gasteiger partial charge is 0.312 e. The van der Waals surface area contributed by atoms with Crippen molar-refractivity contribution in [3.05, 3.63) is 29.8 Å². The molecule has 212 valence electrons. The molecule has 1 aromatic carbocycles. The van der Waals surface area contributed by atoms with Crippen molar-refractivity contribution in [3.63, 3.8) is 0 Å². The Kier molecular flexibility index (Phi) is 15.1. The van der Waals surface area contributed by atoms with Gasteiger partial charge in [-0.25, -0.2) is 4.79 Å². The van der Waals surface area contributed by atoms with E-state index in [1.165, 1.54) is 6.92 Å². The highest BCUT2D eigenvalue weighted by atomic mass is 16.5. The van der Waals surface area contributed by atoms with Gasteiger partial charge in [-0.3, -0.25) is 19.2 Å². The maximum atomic E-state index is 13.1. The van der Waals surface area contributed by atoms with Gasteiger partial charge in [0.1, 0.15) is 18.7 Å². The molecule has 0 bridgehead atoms. The Morgan fingerprint density at radius 2 is 1.61 bits per heavy atom. The van der Waals surface area contributed by atoms with Crippen LogP contribution in [-0.4, -0.2) is 61.9 Å². The first kappa shape index (κ1) is 32.4. The van der Waals surface area contributed by atoms with Gasteiger partial charge in [-0.15, -0.1) is 0 Å². The minimum atomic E-state index is -0.924. The van der Waals surface area contributed by atoms with Crippen LogP contribution in [0, 0.1) is 5.92 Å². The first-order valence-corrected chi connectivity index (χ1v) is 12.8. The quantitative estimate of drug-likeness (QED) is 0.128. The van der Waals surface area contributed by atoms with Crippen molar-refractivity contribution in [2.75, 3.05) is 25.5 Å². The van der Waals surface area contributed by atoms with Crippen molar-refractivity contribution < 1.29 is 28.7 Å². The number of anilines is 1. The summed E-state index contributed by atoms with van der Waals surface area (Å²) in [6.07, 6.45) is 2.44. The molecule has 38 heavy (non-hydrogen) atoms. The van der Waals surface area contributed by atoms with Gasteiger partial charge < -0.3 is 37.1 Å². The predicted molar refractivity (Wildman–Crippen MR) is 144 cm³/mol. The van der Waals surface area contributed by atoms with Gasteiger partial charge >= 0.3 is 12.0 Å². The summed E-state index contributed by atoms with van der Waals surface area (Å²) in [6, 6.07) is 4.33. The van der Waals surface area contributed by atoms with Crippen LogP contribution in [0.15, 0.2) is 24.3 Å². The third-order valence-corrected chi connectivity index (χ3v) is 5.61. The number of nitrogens with one attached hydrogen (secondary N) is 5. The fourth-order valence-electron chi connectivity index (χ4n) is 3.51. The number of urea groups is 1. The molecule has 2 atom stereocenters. The van der Waals surface area contributed by atoms with Crippen LogP contribution in [0.2, 0.25) is 0 Å². The van der Waals surface area contributed by atoms with Crippen LogP contribution in [0.4, 0.5) is 10.5 Å². The Morgan fingerprint density at radius 1 is 0.921 bits per heavy atom. The molecule has 12 heteroatoms. The number of esters is 1. The van der Waals surface area contributed by atoms with Gasteiger partial charge in [0.05, 0.1) is 0 Å². The summed E-state index contributed by atoms with van der Waals surface area (Å²) in [7, 11) is 1.84. The van der Waals surface area contributed by atoms with Gasteiger partial charge in [0.2, 0.25) is 17.7 Å². The lowest BCUT2D eigenvalue weighted by atomic mass is 10.0. The standard InChI is InChI=1S/C26H42N6O6/c1-17(2)23(32-22(34)9-5-6-14-28-4)25(36)31-21(8-7-15-29-26(27)37)24(35)30-20-12-10-19(11-13-20)16-38-18(3)33/h10-13,17,21,23,28H,5-9,14-16H2,1-4H3,(H,30,35)(H,31,36)(H,32,34)(H3,27,29,37)/t21?,23-/m0/s1. The van der Waals surface area contributed by atoms with E-state index >= 15 is 0 Å². The van der Waals surface area contributed by atoms with Crippen molar-refractivity contribution in [2.45, 2.75) is 71.6 Å². The number of carbonyl (C=O) groups is 5. The zero-order valence-corrected chi connectivity index (χ0v) is 22.7. The molecule has 5 amide bonds. The monoisotopic (exact) mass is 534 g/mol. The molecule has 12 nitrogen and oxygen atoms in total. The number of rotatable bonds is 17. The van der Waals surface area contributed by atoms with E-state index in [4.69, 9.17) is 10.5 Å². The number of unbranched alkanes of at least 4 members (excludes halogenated alkanes) is 1. The number of hydrogen-bond acceptors (Lipinski definition) is 7. The lowest BCUT2D eigenvalue weighted by molar-refractivity contribution is -0.142. The first-order valence-electron chi connectivity index (χ1n) is 12.8. The highest BCUT2D eigenvalue weighted by molar-refractivity contribution is 5.98. The highest BCUT2D eigenvalue weighted by Gasteiger charge is 2.28. The number of ether oxygens (including phenoxy) is 1. The van der Waals surface area contributed by atoms with Gasteiger partial charge in [0.25, 0.3) is 0 Å². The molecule has 0 aliphatic heterocycles. The second-order valence-electron chi connectivity index (χ2n) is 9.31. The molecule has 0 radical (unpaired) electrons. The summed E-state index contributed by atoms with van der Waals surface area (Å²) in [5.74, 6) is -1.75. The maximum Gasteiger partial charge on any atom is 0.312 e. The molecule has 1 aromatic rings. The van der Waals surface area contributed by atoms with E-state index < -0.39 is 35.9 Å². The number of primary amides is 1. The molecule has 0 aliphatic carbocycles. The van der Waals surface area contributed by atoms with Crippen molar-refractivity contribution in [2.24, 2.45) is 11.7 Å². The third kappa shape index (κ3) is 13.6. The minimum absolute atomic E-state index is 0.118. The third-order valence-electron chi connectivity index (χ3n) is 5.61. The Hall–Kier alpha value is -3.67. The fraction of sp³-hybridized carbons (Fsp3) is 0.577. The van der Waals surface area contributed by atoms with Crippen LogP contribution in [0.3, 0.4) is 0 Å². The Morgan fingerprint density at radius 3 is 2.18 bits per heavy atom. The number of carbonyl (C=O) groups excluding carboxylic acids is 5. The normalized spacial score (nSPS) is 12.2. The molecule has 1 unspecified atom stereocenters. The van der Waals surface area contributed by atoms with Crippen LogP contribution in [0.5, 0.6) is 0 Å². The van der Waals surface area contributed by atoms with Gasteiger partial charge in [-0.2, -0.15) is 0 Å². The second-order valence-corrected chi connectivity index (χ2v) is 9.31. The van der Waals surface area contributed by atoms with Gasteiger partial charge in [0, 0.05) is 25.6 Å². The first-order chi connectivity index (χ1) is 18.0. The van der Waals surface area contributed by atoms with Gasteiger partial charge in [-0.1, -0.05) is 26.0 Å². The molecule has 0 spiro atoms. The van der Waals surface area contributed by atoms with Crippen LogP contribution < -0.4 is 32.3 Å². The van der Waals surface area contributed by atoms with Crippen LogP contribution in [0.25, 0.3) is 0 Å². The molecular formula is C26H42N6O6. The van der Waals surface area contributed by atoms with Crippen molar-refractivity contribution in [3.8, 4) is 0 Å². The van der Waals surface area contributed by atoms with E-state index in [2.05, 4.69) is 26.6 Å². The molecule has 0 aromatic heterocycles. The number of hydrogen-bond donors (Lipinski definition) is 6. The Balaban J connectivity index is 2.86. The van der Waals surface area contributed by atoms with Crippen molar-refractivity contribution in [1.29, 1.82) is 0 Å². The van der Waals surface area contributed by atoms with Crippen LogP contribution >= 0.6 is 0 Å².